The molecule has 1 heterocycles. The van der Waals surface area contributed by atoms with Crippen LogP contribution in [0, 0.1) is 17.2 Å². The molecule has 0 saturated carbocycles. The Labute approximate surface area is 123 Å². The van der Waals surface area contributed by atoms with Gasteiger partial charge in [-0.2, -0.15) is 5.26 Å². The van der Waals surface area contributed by atoms with Gasteiger partial charge < -0.3 is 4.74 Å². The van der Waals surface area contributed by atoms with E-state index in [1.807, 2.05) is 0 Å². The van der Waals surface area contributed by atoms with Gasteiger partial charge >= 0.3 is 5.97 Å². The summed E-state index contributed by atoms with van der Waals surface area (Å²) in [4.78, 5) is 15.9. The molecule has 1 aromatic carbocycles. The zero-order chi connectivity index (χ0) is 15.5. The van der Waals surface area contributed by atoms with Crippen LogP contribution in [0.5, 0.6) is 0 Å². The highest BCUT2D eigenvalue weighted by atomic mass is 32.2. The largest absolute Gasteiger partial charge is 0.465 e. The lowest BCUT2D eigenvalue weighted by Crippen LogP contribution is -2.17. The average molecular weight is 306 g/mol. The lowest BCUT2D eigenvalue weighted by Gasteiger charge is -2.03. The van der Waals surface area contributed by atoms with Crippen molar-refractivity contribution in [1.82, 2.24) is 0 Å². The van der Waals surface area contributed by atoms with Crippen LogP contribution in [-0.4, -0.2) is 33.0 Å². The van der Waals surface area contributed by atoms with Crippen LogP contribution in [-0.2, 0) is 25.8 Å². The fourth-order valence-corrected chi connectivity index (χ4v) is 3.58. The Hall–Kier alpha value is -2.20. The van der Waals surface area contributed by atoms with Crippen molar-refractivity contribution in [2.24, 2.45) is 10.9 Å². The molecule has 0 radical (unpaired) electrons. The summed E-state index contributed by atoms with van der Waals surface area (Å²) in [5, 5.41) is 8.90. The molecule has 0 aromatic heterocycles. The number of carbonyl (C=O) groups is 1. The summed E-state index contributed by atoms with van der Waals surface area (Å²) in [6, 6.07) is 6.53. The standard InChI is InChI=1S/C14H14N2O4S/c1-2-20-14(17)11(8-15)9-16-12-3-4-13-10(7-12)5-6-21(13,18)19/h3-4,7,9,11H,2,5-6H2,1H3/b16-9+. The highest BCUT2D eigenvalue weighted by molar-refractivity contribution is 7.91. The topological polar surface area (TPSA) is 96.6 Å². The number of benzene rings is 1. The molecule has 1 atom stereocenters. The SMILES string of the molecule is CCOC(=O)C(C#N)/C=N/c1ccc2c(c1)CCS2(=O)=O. The average Bonchev–Trinajstić information content (AvgIpc) is 2.75. The van der Waals surface area contributed by atoms with E-state index in [9.17, 15) is 13.2 Å². The van der Waals surface area contributed by atoms with E-state index >= 15 is 0 Å². The fraction of sp³-hybridized carbons (Fsp3) is 0.357. The quantitative estimate of drug-likeness (QED) is 0.619. The predicted molar refractivity (Wildman–Crippen MR) is 76.1 cm³/mol. The normalized spacial score (nSPS) is 17.1. The van der Waals surface area contributed by atoms with Crippen molar-refractivity contribution in [2.45, 2.75) is 18.2 Å². The maximum atomic E-state index is 11.7. The number of hydrogen-bond acceptors (Lipinski definition) is 6. The summed E-state index contributed by atoms with van der Waals surface area (Å²) in [5.74, 6) is -1.60. The third-order valence-electron chi connectivity index (χ3n) is 3.07. The minimum absolute atomic E-state index is 0.110. The van der Waals surface area contributed by atoms with E-state index in [-0.39, 0.29) is 12.4 Å². The molecule has 0 saturated heterocycles. The van der Waals surface area contributed by atoms with Crippen molar-refractivity contribution < 1.29 is 17.9 Å². The second kappa shape index (κ2) is 6.06. The highest BCUT2D eigenvalue weighted by Crippen LogP contribution is 2.29. The zero-order valence-corrected chi connectivity index (χ0v) is 12.3. The van der Waals surface area contributed by atoms with Gasteiger partial charge in [0, 0.05) is 6.21 Å². The van der Waals surface area contributed by atoms with E-state index in [4.69, 9.17) is 10.00 Å². The van der Waals surface area contributed by atoms with Gasteiger partial charge in [0.2, 0.25) is 0 Å². The number of hydrogen-bond donors (Lipinski definition) is 0. The number of aryl methyl sites for hydroxylation is 1. The maximum absolute atomic E-state index is 11.7. The summed E-state index contributed by atoms with van der Waals surface area (Å²) >= 11 is 0. The first-order valence-electron chi connectivity index (χ1n) is 6.44. The number of nitrogens with zero attached hydrogens (tertiary/aromatic N) is 2. The van der Waals surface area contributed by atoms with Crippen molar-refractivity contribution in [3.05, 3.63) is 23.8 Å². The van der Waals surface area contributed by atoms with Gasteiger partial charge in [-0.15, -0.1) is 0 Å². The van der Waals surface area contributed by atoms with Crippen LogP contribution in [0.1, 0.15) is 12.5 Å². The molecule has 110 valence electrons. The second-order valence-corrected chi connectivity index (χ2v) is 6.58. The van der Waals surface area contributed by atoms with Gasteiger partial charge in [0.05, 0.1) is 29.0 Å². The lowest BCUT2D eigenvalue weighted by atomic mass is 10.1. The number of carbonyl (C=O) groups excluding carboxylic acids is 1. The van der Waals surface area contributed by atoms with E-state index < -0.39 is 21.7 Å². The fourth-order valence-electron chi connectivity index (χ4n) is 2.04. The molecule has 2 rings (SSSR count). The number of ether oxygens (including phenoxy) is 1. The summed E-state index contributed by atoms with van der Waals surface area (Å²) in [5.41, 5.74) is 1.23. The van der Waals surface area contributed by atoms with Gasteiger partial charge in [-0.3, -0.25) is 9.79 Å². The number of esters is 1. The van der Waals surface area contributed by atoms with Crippen LogP contribution < -0.4 is 0 Å². The van der Waals surface area contributed by atoms with Crippen molar-refractivity contribution in [2.75, 3.05) is 12.4 Å². The van der Waals surface area contributed by atoms with Crippen molar-refractivity contribution in [1.29, 1.82) is 5.26 Å². The molecule has 1 aromatic rings. The predicted octanol–water partition coefficient (Wildman–Crippen LogP) is 1.42. The molecule has 0 N–H and O–H groups in total. The van der Waals surface area contributed by atoms with E-state index in [1.165, 1.54) is 12.3 Å². The van der Waals surface area contributed by atoms with Gasteiger partial charge in [-0.05, 0) is 37.1 Å². The Morgan fingerprint density at radius 3 is 3.00 bits per heavy atom. The smallest absolute Gasteiger partial charge is 0.328 e. The van der Waals surface area contributed by atoms with E-state index in [1.54, 1.807) is 25.1 Å². The highest BCUT2D eigenvalue weighted by Gasteiger charge is 2.26. The number of sulfone groups is 1. The zero-order valence-electron chi connectivity index (χ0n) is 11.4. The molecule has 7 heteroatoms. The van der Waals surface area contributed by atoms with Gasteiger partial charge in [0.25, 0.3) is 0 Å². The maximum Gasteiger partial charge on any atom is 0.328 e. The number of fused-ring (bicyclic) bond motifs is 1. The van der Waals surface area contributed by atoms with E-state index in [0.717, 1.165) is 0 Å². The van der Waals surface area contributed by atoms with E-state index in [2.05, 4.69) is 4.99 Å². The Morgan fingerprint density at radius 2 is 2.33 bits per heavy atom. The van der Waals surface area contributed by atoms with Crippen LogP contribution in [0.2, 0.25) is 0 Å². The third-order valence-corrected chi connectivity index (χ3v) is 4.88. The minimum Gasteiger partial charge on any atom is -0.465 e. The molecule has 1 unspecified atom stereocenters. The van der Waals surface area contributed by atoms with Crippen LogP contribution in [0.3, 0.4) is 0 Å². The molecule has 1 aliphatic rings. The molecule has 0 aliphatic carbocycles. The second-order valence-electron chi connectivity index (χ2n) is 4.50. The molecule has 0 amide bonds. The van der Waals surface area contributed by atoms with Crippen molar-refractivity contribution in [3.8, 4) is 6.07 Å². The van der Waals surface area contributed by atoms with Gasteiger partial charge in [0.1, 0.15) is 0 Å². The van der Waals surface area contributed by atoms with Crippen molar-refractivity contribution >= 4 is 27.7 Å². The molecule has 0 spiro atoms. The van der Waals surface area contributed by atoms with Gasteiger partial charge in [-0.25, -0.2) is 8.42 Å². The van der Waals surface area contributed by atoms with Crippen LogP contribution in [0.4, 0.5) is 5.69 Å². The number of aliphatic imine (C=N–C) groups is 1. The Balaban J connectivity index is 2.20. The molecule has 0 bridgehead atoms. The number of rotatable bonds is 4. The molecule has 0 fully saturated rings. The Kier molecular flexibility index (Phi) is 4.38. The Morgan fingerprint density at radius 1 is 1.57 bits per heavy atom. The Bertz CT molecular complexity index is 732. The van der Waals surface area contributed by atoms with Crippen LogP contribution in [0.15, 0.2) is 28.1 Å². The molecular formula is C14H14N2O4S. The summed E-state index contributed by atoms with van der Waals surface area (Å²) in [7, 11) is -3.16. The minimum atomic E-state index is -3.16. The molecule has 1 aliphatic heterocycles. The van der Waals surface area contributed by atoms with Gasteiger partial charge in [0.15, 0.2) is 15.8 Å². The molecule has 21 heavy (non-hydrogen) atoms. The molecule has 6 nitrogen and oxygen atoms in total. The lowest BCUT2D eigenvalue weighted by molar-refractivity contribution is -0.143. The summed E-state index contributed by atoms with van der Waals surface area (Å²) in [6.07, 6.45) is 1.67. The first-order valence-corrected chi connectivity index (χ1v) is 8.09. The molecular weight excluding hydrogens is 292 g/mol. The van der Waals surface area contributed by atoms with Crippen LogP contribution >= 0.6 is 0 Å². The third kappa shape index (κ3) is 3.28. The first kappa shape index (κ1) is 15.2. The van der Waals surface area contributed by atoms with Crippen LogP contribution in [0.25, 0.3) is 0 Å². The monoisotopic (exact) mass is 306 g/mol. The number of nitriles is 1. The van der Waals surface area contributed by atoms with E-state index in [0.29, 0.717) is 22.6 Å². The summed E-state index contributed by atoms with van der Waals surface area (Å²) in [6.45, 7) is 1.85. The summed E-state index contributed by atoms with van der Waals surface area (Å²) < 4.78 is 28.1. The first-order chi connectivity index (χ1) is 9.97. The van der Waals surface area contributed by atoms with Crippen molar-refractivity contribution in [3.63, 3.8) is 0 Å². The van der Waals surface area contributed by atoms with Gasteiger partial charge in [-0.1, -0.05) is 0 Å².